The van der Waals surface area contributed by atoms with Crippen LogP contribution in [0.2, 0.25) is 0 Å². The highest BCUT2D eigenvalue weighted by Crippen LogP contribution is 2.27. The Balaban J connectivity index is 1.81. The normalized spacial score (nSPS) is 17.2. The van der Waals surface area contributed by atoms with Crippen molar-refractivity contribution in [3.05, 3.63) is 48.5 Å². The average molecular weight is 521 g/mol. The van der Waals surface area contributed by atoms with Crippen LogP contribution in [0.1, 0.15) is 93.9 Å². The van der Waals surface area contributed by atoms with Crippen LogP contribution in [0.5, 0.6) is 0 Å². The number of nitrogens with zero attached hydrogens (tertiary/aromatic N) is 4. The Morgan fingerprint density at radius 2 is 0.526 bits per heavy atom. The molecule has 0 unspecified atom stereocenters. The summed E-state index contributed by atoms with van der Waals surface area (Å²) in [5.74, 6) is 0. The summed E-state index contributed by atoms with van der Waals surface area (Å²) in [6.07, 6.45) is 7.42. The van der Waals surface area contributed by atoms with Crippen LogP contribution in [0.4, 0.5) is 22.7 Å². The van der Waals surface area contributed by atoms with Crippen molar-refractivity contribution in [2.75, 3.05) is 45.8 Å². The lowest BCUT2D eigenvalue weighted by Crippen LogP contribution is -2.34. The fourth-order valence-corrected chi connectivity index (χ4v) is 5.90. The lowest BCUT2D eigenvalue weighted by atomic mass is 10.1. The van der Waals surface area contributed by atoms with Crippen molar-refractivity contribution in [2.45, 2.75) is 118 Å². The number of rotatable bonds is 4. The summed E-state index contributed by atoms with van der Waals surface area (Å²) in [4.78, 5) is 10.3. The Morgan fingerprint density at radius 1 is 0.342 bits per heavy atom. The third kappa shape index (κ3) is 8.32. The van der Waals surface area contributed by atoms with E-state index in [1.165, 1.54) is 61.3 Å². The zero-order valence-electron chi connectivity index (χ0n) is 25.8. The van der Waals surface area contributed by atoms with Gasteiger partial charge in [-0.2, -0.15) is 0 Å². The number of benzene rings is 2. The highest BCUT2D eigenvalue weighted by atomic mass is 15.2. The van der Waals surface area contributed by atoms with Crippen LogP contribution >= 0.6 is 0 Å². The largest absolute Gasteiger partial charge is 0.369 e. The van der Waals surface area contributed by atoms with Gasteiger partial charge in [0.05, 0.1) is 0 Å². The van der Waals surface area contributed by atoms with Gasteiger partial charge in [-0.1, -0.05) is 0 Å². The van der Waals surface area contributed by atoms with E-state index in [2.05, 4.69) is 124 Å². The molecule has 4 heteroatoms. The summed E-state index contributed by atoms with van der Waals surface area (Å²) in [5.41, 5.74) is 5.42. The highest BCUT2D eigenvalue weighted by Gasteiger charge is 2.16. The summed E-state index contributed by atoms with van der Waals surface area (Å²) in [6, 6.07) is 20.8. The van der Waals surface area contributed by atoms with Crippen molar-refractivity contribution in [1.82, 2.24) is 0 Å². The van der Waals surface area contributed by atoms with Gasteiger partial charge in [-0.05, 0) is 142 Å². The van der Waals surface area contributed by atoms with E-state index >= 15 is 0 Å². The molecule has 0 radical (unpaired) electrons. The summed E-state index contributed by atoms with van der Waals surface area (Å²) in [6.45, 7) is 23.0. The fraction of sp³-hybridized carbons (Fsp3) is 0.647. The topological polar surface area (TPSA) is 13.0 Å². The molecule has 2 aromatic carbocycles. The van der Waals surface area contributed by atoms with Crippen LogP contribution in [-0.4, -0.2) is 50.3 Å². The van der Waals surface area contributed by atoms with E-state index in [1.807, 2.05) is 0 Å². The maximum Gasteiger partial charge on any atom is 0.0370 e. The third-order valence-corrected chi connectivity index (χ3v) is 8.12. The van der Waals surface area contributed by atoms with Crippen LogP contribution < -0.4 is 19.6 Å². The molecule has 0 aromatic heterocycles. The predicted octanol–water partition coefficient (Wildman–Crippen LogP) is 8.60. The SMILES string of the molecule is CC(C)N1CCCCCN(C(C)C)c2ccc(cc2)N(C(C)C)CCCCCN(C(C)C)c2ccc1cc2. The molecule has 0 spiro atoms. The molecule has 0 fully saturated rings. The lowest BCUT2D eigenvalue weighted by Gasteiger charge is -2.33. The Bertz CT molecular complexity index is 765. The molecule has 0 amide bonds. The second-order valence-electron chi connectivity index (χ2n) is 12.3. The van der Waals surface area contributed by atoms with E-state index in [4.69, 9.17) is 0 Å². The molecule has 6 rings (SSSR count). The van der Waals surface area contributed by atoms with Crippen LogP contribution in [0, 0.1) is 0 Å². The Labute approximate surface area is 235 Å². The third-order valence-electron chi connectivity index (χ3n) is 8.12. The second-order valence-corrected chi connectivity index (χ2v) is 12.3. The minimum atomic E-state index is 0.503. The van der Waals surface area contributed by atoms with Crippen molar-refractivity contribution in [1.29, 1.82) is 0 Å². The second kappa shape index (κ2) is 14.7. The number of hydrogen-bond acceptors (Lipinski definition) is 4. The molecule has 4 bridgehead atoms. The molecule has 4 aliphatic rings. The van der Waals surface area contributed by atoms with E-state index < -0.39 is 0 Å². The van der Waals surface area contributed by atoms with E-state index in [0.717, 1.165) is 26.2 Å². The quantitative estimate of drug-likeness (QED) is 0.400. The zero-order chi connectivity index (χ0) is 27.7. The molecular formula is C34H56N4. The summed E-state index contributed by atoms with van der Waals surface area (Å²) >= 11 is 0. The molecule has 4 heterocycles. The minimum Gasteiger partial charge on any atom is -0.369 e. The molecule has 0 N–H and O–H groups in total. The maximum absolute atomic E-state index is 2.58. The smallest absolute Gasteiger partial charge is 0.0370 e. The van der Waals surface area contributed by atoms with Gasteiger partial charge in [-0.3, -0.25) is 0 Å². The number of hydrogen-bond donors (Lipinski definition) is 0. The van der Waals surface area contributed by atoms with Crippen molar-refractivity contribution >= 4 is 22.7 Å². The molecule has 4 aliphatic heterocycles. The standard InChI is InChI=1S/C34H56N4/c1-27(2)35-23-11-9-12-24-37(29(5)6)33-19-21-34(22-20-33)38(30(7)8)26-14-10-13-25-36(28(3)4)32-17-15-31(35)16-18-32/h15-22,27-30H,9-14,23-26H2,1-8H3. The highest BCUT2D eigenvalue weighted by molar-refractivity contribution is 5.58. The van der Waals surface area contributed by atoms with Crippen molar-refractivity contribution in [3.8, 4) is 0 Å². The van der Waals surface area contributed by atoms with Crippen LogP contribution in [0.15, 0.2) is 48.5 Å². The van der Waals surface area contributed by atoms with Gasteiger partial charge in [0, 0.05) is 73.1 Å². The van der Waals surface area contributed by atoms with Gasteiger partial charge in [-0.15, -0.1) is 0 Å². The maximum atomic E-state index is 2.58. The molecule has 4 nitrogen and oxygen atoms in total. The van der Waals surface area contributed by atoms with Gasteiger partial charge in [0.15, 0.2) is 0 Å². The molecule has 0 saturated heterocycles. The van der Waals surface area contributed by atoms with Crippen LogP contribution in [-0.2, 0) is 0 Å². The molecule has 0 saturated carbocycles. The van der Waals surface area contributed by atoms with Gasteiger partial charge in [0.25, 0.3) is 0 Å². The van der Waals surface area contributed by atoms with Crippen LogP contribution in [0.25, 0.3) is 0 Å². The van der Waals surface area contributed by atoms with E-state index in [1.54, 1.807) is 0 Å². The first-order valence-corrected chi connectivity index (χ1v) is 15.5. The van der Waals surface area contributed by atoms with Crippen molar-refractivity contribution < 1.29 is 0 Å². The van der Waals surface area contributed by atoms with Gasteiger partial charge >= 0.3 is 0 Å². The van der Waals surface area contributed by atoms with Gasteiger partial charge < -0.3 is 19.6 Å². The Morgan fingerprint density at radius 3 is 0.684 bits per heavy atom. The van der Waals surface area contributed by atoms with Crippen molar-refractivity contribution in [3.63, 3.8) is 0 Å². The van der Waals surface area contributed by atoms with Crippen molar-refractivity contribution in [2.24, 2.45) is 0 Å². The first-order valence-electron chi connectivity index (χ1n) is 15.5. The summed E-state index contributed by atoms with van der Waals surface area (Å²) in [5, 5.41) is 0. The average Bonchev–Trinajstić information content (AvgIpc) is 2.87. The fourth-order valence-electron chi connectivity index (χ4n) is 5.90. The molecule has 0 aliphatic carbocycles. The number of anilines is 4. The summed E-state index contributed by atoms with van der Waals surface area (Å²) in [7, 11) is 0. The van der Waals surface area contributed by atoms with E-state index in [9.17, 15) is 0 Å². The Hall–Kier alpha value is -2.36. The Kier molecular flexibility index (Phi) is 11.7. The van der Waals surface area contributed by atoms with E-state index in [-0.39, 0.29) is 0 Å². The predicted molar refractivity (Wildman–Crippen MR) is 171 cm³/mol. The zero-order valence-corrected chi connectivity index (χ0v) is 25.8. The van der Waals surface area contributed by atoms with Gasteiger partial charge in [0.1, 0.15) is 0 Å². The van der Waals surface area contributed by atoms with Crippen LogP contribution in [0.3, 0.4) is 0 Å². The first kappa shape index (κ1) is 30.2. The molecule has 212 valence electrons. The molecule has 2 aromatic rings. The first-order chi connectivity index (χ1) is 18.2. The molecular weight excluding hydrogens is 464 g/mol. The monoisotopic (exact) mass is 520 g/mol. The minimum absolute atomic E-state index is 0.503. The lowest BCUT2D eigenvalue weighted by molar-refractivity contribution is 0.585. The molecule has 38 heavy (non-hydrogen) atoms. The van der Waals surface area contributed by atoms with Gasteiger partial charge in [-0.25, -0.2) is 0 Å². The summed E-state index contributed by atoms with van der Waals surface area (Å²) < 4.78 is 0. The van der Waals surface area contributed by atoms with E-state index in [0.29, 0.717) is 24.2 Å². The van der Waals surface area contributed by atoms with Gasteiger partial charge in [0.2, 0.25) is 0 Å². The molecule has 0 atom stereocenters.